The summed E-state index contributed by atoms with van der Waals surface area (Å²) in [5.41, 5.74) is 0.472. The number of hydrogen-bond donors (Lipinski definition) is 2. The number of nitrogens with zero attached hydrogens (tertiary/aromatic N) is 3. The molecular formula is C11H19N5O3S. The number of carbonyl (C=O) groups is 1. The average molecular weight is 301 g/mol. The van der Waals surface area contributed by atoms with Crippen LogP contribution in [0.2, 0.25) is 0 Å². The molecule has 1 aromatic rings. The molecule has 0 aromatic carbocycles. The van der Waals surface area contributed by atoms with Crippen molar-refractivity contribution >= 4 is 15.9 Å². The van der Waals surface area contributed by atoms with E-state index >= 15 is 0 Å². The fourth-order valence-corrected chi connectivity index (χ4v) is 3.91. The van der Waals surface area contributed by atoms with Gasteiger partial charge in [0.15, 0.2) is 0 Å². The maximum absolute atomic E-state index is 12.7. The molecule has 9 heteroatoms. The van der Waals surface area contributed by atoms with Crippen molar-refractivity contribution in [3.8, 4) is 0 Å². The number of piperazine rings is 1. The predicted octanol–water partition coefficient (Wildman–Crippen LogP) is -1.23. The fourth-order valence-electron chi connectivity index (χ4n) is 2.21. The molecule has 0 radical (unpaired) electrons. The normalized spacial score (nSPS) is 20.9. The van der Waals surface area contributed by atoms with Crippen LogP contribution < -0.4 is 5.32 Å². The highest BCUT2D eigenvalue weighted by atomic mass is 32.2. The lowest BCUT2D eigenvalue weighted by Crippen LogP contribution is -2.59. The molecule has 1 unspecified atom stereocenters. The maximum Gasteiger partial charge on any atom is 0.247 e. The van der Waals surface area contributed by atoms with Gasteiger partial charge in [0.2, 0.25) is 15.9 Å². The zero-order chi connectivity index (χ0) is 14.9. The molecule has 1 aliphatic heterocycles. The minimum Gasteiger partial charge on any atom is -0.347 e. The van der Waals surface area contributed by atoms with Gasteiger partial charge >= 0.3 is 0 Å². The number of hydrogen-bond acceptors (Lipinski definition) is 5. The Balaban J connectivity index is 2.38. The second-order valence-electron chi connectivity index (χ2n) is 4.93. The lowest BCUT2D eigenvalue weighted by atomic mass is 10.2. The van der Waals surface area contributed by atoms with Gasteiger partial charge in [0.1, 0.15) is 10.9 Å². The van der Waals surface area contributed by atoms with Crippen molar-refractivity contribution in [3.63, 3.8) is 0 Å². The van der Waals surface area contributed by atoms with Crippen molar-refractivity contribution in [2.75, 3.05) is 33.7 Å². The number of nitrogens with one attached hydrogen (secondary N) is 2. The van der Waals surface area contributed by atoms with Crippen LogP contribution in [0.15, 0.2) is 11.1 Å². The fraction of sp³-hybridized carbons (Fsp3) is 0.636. The summed E-state index contributed by atoms with van der Waals surface area (Å²) in [4.78, 5) is 13.7. The van der Waals surface area contributed by atoms with Gasteiger partial charge in [-0.25, -0.2) is 8.42 Å². The predicted molar refractivity (Wildman–Crippen MR) is 72.6 cm³/mol. The summed E-state index contributed by atoms with van der Waals surface area (Å²) in [6.45, 7) is 2.74. The highest BCUT2D eigenvalue weighted by Crippen LogP contribution is 2.21. The third kappa shape index (κ3) is 2.56. The van der Waals surface area contributed by atoms with E-state index in [0.717, 1.165) is 0 Å². The van der Waals surface area contributed by atoms with E-state index in [1.807, 2.05) is 0 Å². The molecule has 1 amide bonds. The maximum atomic E-state index is 12.7. The first-order valence-corrected chi connectivity index (χ1v) is 7.73. The minimum atomic E-state index is -3.72. The monoisotopic (exact) mass is 301 g/mol. The Morgan fingerprint density at radius 1 is 1.50 bits per heavy atom. The Morgan fingerprint density at radius 3 is 2.75 bits per heavy atom. The molecule has 20 heavy (non-hydrogen) atoms. The van der Waals surface area contributed by atoms with E-state index < -0.39 is 16.1 Å². The summed E-state index contributed by atoms with van der Waals surface area (Å²) in [6, 6.07) is -0.724. The van der Waals surface area contributed by atoms with Crippen LogP contribution in [0.1, 0.15) is 5.69 Å². The topological polar surface area (TPSA) is 98.4 Å². The van der Waals surface area contributed by atoms with Gasteiger partial charge < -0.3 is 10.2 Å². The van der Waals surface area contributed by atoms with E-state index in [9.17, 15) is 13.2 Å². The Hall–Kier alpha value is -1.45. The lowest BCUT2D eigenvalue weighted by Gasteiger charge is -2.35. The quantitative estimate of drug-likeness (QED) is 0.728. The van der Waals surface area contributed by atoms with Gasteiger partial charge in [-0.2, -0.15) is 9.40 Å². The van der Waals surface area contributed by atoms with Crippen molar-refractivity contribution in [1.29, 1.82) is 0 Å². The van der Waals surface area contributed by atoms with Gasteiger partial charge in [-0.05, 0) is 6.92 Å². The summed E-state index contributed by atoms with van der Waals surface area (Å²) >= 11 is 0. The van der Waals surface area contributed by atoms with Crippen LogP contribution in [0.25, 0.3) is 0 Å². The van der Waals surface area contributed by atoms with E-state index in [4.69, 9.17) is 0 Å². The molecule has 0 spiro atoms. The first-order chi connectivity index (χ1) is 9.35. The highest BCUT2D eigenvalue weighted by Gasteiger charge is 2.39. The number of likely N-dealkylation sites (N-methyl/N-ethyl adjacent to an activating group) is 1. The second kappa shape index (κ2) is 5.51. The number of aromatic nitrogens is 2. The number of rotatable bonds is 3. The van der Waals surface area contributed by atoms with Crippen LogP contribution in [0, 0.1) is 6.92 Å². The first kappa shape index (κ1) is 14.9. The molecule has 0 aliphatic carbocycles. The molecule has 0 bridgehead atoms. The van der Waals surface area contributed by atoms with E-state index in [0.29, 0.717) is 18.8 Å². The van der Waals surface area contributed by atoms with E-state index in [-0.39, 0.29) is 17.3 Å². The lowest BCUT2D eigenvalue weighted by molar-refractivity contribution is -0.133. The third-order valence-corrected chi connectivity index (χ3v) is 5.31. The van der Waals surface area contributed by atoms with Crippen LogP contribution in [0.5, 0.6) is 0 Å². The van der Waals surface area contributed by atoms with Gasteiger partial charge in [-0.1, -0.05) is 0 Å². The standard InChI is InChI=1S/C11H19N5O3S/c1-8-10(7-13-14-8)20(18,19)16-5-4-12-6-9(16)11(17)15(2)3/h7,9,12H,4-6H2,1-3H3,(H,13,14). The Bertz CT molecular complexity index is 595. The number of sulfonamides is 1. The van der Waals surface area contributed by atoms with Gasteiger partial charge in [0, 0.05) is 33.7 Å². The largest absolute Gasteiger partial charge is 0.347 e. The minimum absolute atomic E-state index is 0.121. The molecule has 2 N–H and O–H groups in total. The molecular weight excluding hydrogens is 282 g/mol. The smallest absolute Gasteiger partial charge is 0.247 e. The third-order valence-electron chi connectivity index (χ3n) is 3.29. The van der Waals surface area contributed by atoms with Gasteiger partial charge in [0.25, 0.3) is 0 Å². The molecule has 1 atom stereocenters. The van der Waals surface area contributed by atoms with E-state index in [2.05, 4.69) is 15.5 Å². The molecule has 8 nitrogen and oxygen atoms in total. The highest BCUT2D eigenvalue weighted by molar-refractivity contribution is 7.89. The van der Waals surface area contributed by atoms with Crippen LogP contribution >= 0.6 is 0 Å². The van der Waals surface area contributed by atoms with Crippen molar-refractivity contribution in [3.05, 3.63) is 11.9 Å². The van der Waals surface area contributed by atoms with Crippen molar-refractivity contribution in [2.45, 2.75) is 17.9 Å². The Kier molecular flexibility index (Phi) is 4.11. The van der Waals surface area contributed by atoms with Crippen molar-refractivity contribution < 1.29 is 13.2 Å². The molecule has 1 fully saturated rings. The molecule has 1 aliphatic rings. The summed E-state index contributed by atoms with van der Waals surface area (Å²) in [5.74, 6) is -0.234. The van der Waals surface area contributed by atoms with Gasteiger partial charge in [-0.3, -0.25) is 9.89 Å². The van der Waals surface area contributed by atoms with Crippen LogP contribution in [0.3, 0.4) is 0 Å². The SMILES string of the molecule is Cc1[nH]ncc1S(=O)(=O)N1CCNCC1C(=O)N(C)C. The summed E-state index contributed by atoms with van der Waals surface area (Å²) in [5, 5.41) is 9.42. The number of carbonyl (C=O) groups excluding carboxylic acids is 1. The summed E-state index contributed by atoms with van der Waals surface area (Å²) in [7, 11) is -0.493. The van der Waals surface area contributed by atoms with Crippen LogP contribution in [-0.4, -0.2) is 73.5 Å². The van der Waals surface area contributed by atoms with Crippen molar-refractivity contribution in [1.82, 2.24) is 24.7 Å². The number of H-pyrrole nitrogens is 1. The molecule has 1 saturated heterocycles. The summed E-state index contributed by atoms with van der Waals surface area (Å²) < 4.78 is 26.6. The second-order valence-corrected chi connectivity index (χ2v) is 6.79. The Morgan fingerprint density at radius 2 is 2.20 bits per heavy atom. The van der Waals surface area contributed by atoms with Gasteiger partial charge in [-0.15, -0.1) is 0 Å². The molecule has 1 aromatic heterocycles. The molecule has 0 saturated carbocycles. The van der Waals surface area contributed by atoms with Crippen LogP contribution in [-0.2, 0) is 14.8 Å². The summed E-state index contributed by atoms with van der Waals surface area (Å²) in [6.07, 6.45) is 1.28. The zero-order valence-electron chi connectivity index (χ0n) is 11.8. The molecule has 2 rings (SSSR count). The van der Waals surface area contributed by atoms with E-state index in [1.165, 1.54) is 15.4 Å². The molecule has 112 valence electrons. The Labute approximate surface area is 118 Å². The van der Waals surface area contributed by atoms with Crippen LogP contribution in [0.4, 0.5) is 0 Å². The number of amides is 1. The molecule has 2 heterocycles. The average Bonchev–Trinajstić information content (AvgIpc) is 2.84. The van der Waals surface area contributed by atoms with E-state index in [1.54, 1.807) is 21.0 Å². The first-order valence-electron chi connectivity index (χ1n) is 6.29. The number of aromatic amines is 1. The number of aryl methyl sites for hydroxylation is 1. The zero-order valence-corrected chi connectivity index (χ0v) is 12.6. The van der Waals surface area contributed by atoms with Gasteiger partial charge in [0.05, 0.1) is 11.9 Å². The van der Waals surface area contributed by atoms with Crippen molar-refractivity contribution in [2.24, 2.45) is 0 Å².